The highest BCUT2D eigenvalue weighted by molar-refractivity contribution is 5.98. The molecule has 0 spiro atoms. The van der Waals surface area contributed by atoms with Crippen molar-refractivity contribution in [3.8, 4) is 0 Å². The molecule has 2 heterocycles. The lowest BCUT2D eigenvalue weighted by Gasteiger charge is -2.26. The van der Waals surface area contributed by atoms with E-state index >= 15 is 0 Å². The number of carbonyl (C=O) groups excluding carboxylic acids is 1. The summed E-state index contributed by atoms with van der Waals surface area (Å²) in [5.41, 5.74) is 1.21. The van der Waals surface area contributed by atoms with Gasteiger partial charge in [-0.2, -0.15) is 4.39 Å². The lowest BCUT2D eigenvalue weighted by atomic mass is 9.98. The average molecular weight is 290 g/mol. The molecule has 2 aromatic heterocycles. The molecule has 0 bridgehead atoms. The minimum absolute atomic E-state index is 0.0416. The van der Waals surface area contributed by atoms with Gasteiger partial charge in [-0.3, -0.25) is 9.20 Å². The first kappa shape index (κ1) is 14.0. The highest BCUT2D eigenvalue weighted by Gasteiger charge is 2.39. The maximum atomic E-state index is 13.9. The molecular weight excluding hydrogens is 271 g/mol. The molecule has 1 N–H and O–H groups in total. The van der Waals surface area contributed by atoms with Crippen LogP contribution in [-0.2, 0) is 0 Å². The molecule has 1 amide bonds. The number of nitrogens with one attached hydrogen (secondary N) is 1. The minimum Gasteiger partial charge on any atom is -0.345 e. The Morgan fingerprint density at radius 3 is 2.67 bits per heavy atom. The van der Waals surface area contributed by atoms with Crippen LogP contribution in [0.3, 0.4) is 0 Å². The van der Waals surface area contributed by atoms with Gasteiger partial charge in [-0.1, -0.05) is 0 Å². The van der Waals surface area contributed by atoms with Crippen LogP contribution in [0.25, 0.3) is 5.65 Å². The van der Waals surface area contributed by atoms with Gasteiger partial charge in [-0.05, 0) is 46.5 Å². The van der Waals surface area contributed by atoms with Crippen LogP contribution in [0.4, 0.5) is 4.39 Å². The number of halogens is 1. The van der Waals surface area contributed by atoms with Gasteiger partial charge in [0.25, 0.3) is 5.91 Å². The molecule has 1 aliphatic carbocycles. The van der Waals surface area contributed by atoms with Crippen molar-refractivity contribution in [2.45, 2.75) is 46.1 Å². The van der Waals surface area contributed by atoms with Crippen molar-refractivity contribution in [3.05, 3.63) is 29.2 Å². The van der Waals surface area contributed by atoms with Crippen molar-refractivity contribution in [2.24, 2.45) is 5.92 Å². The summed E-state index contributed by atoms with van der Waals surface area (Å²) in [6.45, 7) is 7.40. The predicted octanol–water partition coefficient (Wildman–Crippen LogP) is 2.40. The van der Waals surface area contributed by atoms with Crippen LogP contribution in [0.15, 0.2) is 6.20 Å². The number of hydrogen-bond donors (Lipinski definition) is 1. The Balaban J connectivity index is 2.03. The monoisotopic (exact) mass is 290 g/mol. The van der Waals surface area contributed by atoms with E-state index in [2.05, 4.69) is 15.3 Å². The van der Waals surface area contributed by atoms with E-state index in [-0.39, 0.29) is 17.1 Å². The molecule has 0 unspecified atom stereocenters. The van der Waals surface area contributed by atoms with E-state index in [4.69, 9.17) is 0 Å². The second-order valence-corrected chi connectivity index (χ2v) is 6.36. The van der Waals surface area contributed by atoms with Gasteiger partial charge in [-0.25, -0.2) is 9.97 Å². The Kier molecular flexibility index (Phi) is 3.00. The van der Waals surface area contributed by atoms with Crippen LogP contribution < -0.4 is 5.32 Å². The molecule has 0 saturated heterocycles. The second-order valence-electron chi connectivity index (χ2n) is 6.36. The summed E-state index contributed by atoms with van der Waals surface area (Å²) in [4.78, 5) is 20.6. The highest BCUT2D eigenvalue weighted by atomic mass is 19.1. The molecule has 6 heteroatoms. The fourth-order valence-electron chi connectivity index (χ4n) is 2.66. The predicted molar refractivity (Wildman–Crippen MR) is 76.7 cm³/mol. The first-order valence-electron chi connectivity index (χ1n) is 7.14. The number of nitrogens with zero attached hydrogens (tertiary/aromatic N) is 3. The zero-order chi connectivity index (χ0) is 15.4. The summed E-state index contributed by atoms with van der Waals surface area (Å²) in [5, 5.41) is 2.96. The van der Waals surface area contributed by atoms with E-state index < -0.39 is 5.95 Å². The number of hydrogen-bond acceptors (Lipinski definition) is 3. The van der Waals surface area contributed by atoms with Crippen molar-refractivity contribution in [3.63, 3.8) is 0 Å². The Bertz CT molecular complexity index is 731. The van der Waals surface area contributed by atoms with Gasteiger partial charge in [0, 0.05) is 11.7 Å². The van der Waals surface area contributed by atoms with Crippen molar-refractivity contribution in [1.82, 2.24) is 19.7 Å². The molecule has 0 atom stereocenters. The average Bonchev–Trinajstić information content (AvgIpc) is 3.17. The molecule has 0 radical (unpaired) electrons. The van der Waals surface area contributed by atoms with Crippen molar-refractivity contribution in [1.29, 1.82) is 0 Å². The molecule has 1 saturated carbocycles. The summed E-state index contributed by atoms with van der Waals surface area (Å²) in [6.07, 6.45) is 3.93. The van der Waals surface area contributed by atoms with Crippen LogP contribution >= 0.6 is 0 Å². The van der Waals surface area contributed by atoms with Gasteiger partial charge >= 0.3 is 0 Å². The van der Waals surface area contributed by atoms with Gasteiger partial charge in [0.15, 0.2) is 11.3 Å². The number of fused-ring (bicyclic) bond motifs is 1. The highest BCUT2D eigenvalue weighted by Crippen LogP contribution is 2.39. The quantitative estimate of drug-likeness (QED) is 0.944. The van der Waals surface area contributed by atoms with E-state index in [1.807, 2.05) is 13.8 Å². The van der Waals surface area contributed by atoms with Crippen LogP contribution in [0.1, 0.15) is 48.6 Å². The topological polar surface area (TPSA) is 59.3 Å². The number of aryl methyl sites for hydroxylation is 2. The molecule has 1 fully saturated rings. The van der Waals surface area contributed by atoms with E-state index in [1.165, 1.54) is 0 Å². The Morgan fingerprint density at radius 1 is 1.38 bits per heavy atom. The van der Waals surface area contributed by atoms with Crippen molar-refractivity contribution < 1.29 is 9.18 Å². The first-order chi connectivity index (χ1) is 9.79. The zero-order valence-corrected chi connectivity index (χ0v) is 12.7. The Morgan fingerprint density at radius 2 is 2.05 bits per heavy atom. The number of carbonyl (C=O) groups is 1. The Labute approximate surface area is 122 Å². The molecule has 0 aromatic carbocycles. The van der Waals surface area contributed by atoms with E-state index in [0.29, 0.717) is 17.3 Å². The van der Waals surface area contributed by atoms with Crippen molar-refractivity contribution >= 4 is 11.6 Å². The van der Waals surface area contributed by atoms with Gasteiger partial charge in [-0.15, -0.1) is 0 Å². The summed E-state index contributed by atoms with van der Waals surface area (Å²) in [5.74, 6) is -0.537. The van der Waals surface area contributed by atoms with Crippen LogP contribution in [0.5, 0.6) is 0 Å². The van der Waals surface area contributed by atoms with Gasteiger partial charge in [0.05, 0.1) is 11.4 Å². The molecule has 1 aliphatic rings. The lowest BCUT2D eigenvalue weighted by Crippen LogP contribution is -2.45. The van der Waals surface area contributed by atoms with E-state index in [9.17, 15) is 9.18 Å². The van der Waals surface area contributed by atoms with E-state index in [0.717, 1.165) is 18.5 Å². The van der Waals surface area contributed by atoms with Crippen molar-refractivity contribution in [2.75, 3.05) is 0 Å². The fraction of sp³-hybridized carbons (Fsp3) is 0.533. The Hall–Kier alpha value is -1.98. The number of imidazole rings is 1. The fourth-order valence-corrected chi connectivity index (χ4v) is 2.66. The smallest absolute Gasteiger partial charge is 0.274 e. The summed E-state index contributed by atoms with van der Waals surface area (Å²) >= 11 is 0. The summed E-state index contributed by atoms with van der Waals surface area (Å²) in [7, 11) is 0. The molecule has 5 nitrogen and oxygen atoms in total. The maximum absolute atomic E-state index is 13.9. The van der Waals surface area contributed by atoms with Crippen LogP contribution in [0.2, 0.25) is 0 Å². The number of rotatable bonds is 3. The maximum Gasteiger partial charge on any atom is 0.274 e. The molecular formula is C15H19FN4O. The zero-order valence-electron chi connectivity index (χ0n) is 12.7. The van der Waals surface area contributed by atoms with Gasteiger partial charge < -0.3 is 5.32 Å². The second kappa shape index (κ2) is 4.51. The molecule has 3 rings (SSSR count). The third kappa shape index (κ3) is 2.39. The van der Waals surface area contributed by atoms with E-state index in [1.54, 1.807) is 24.4 Å². The molecule has 2 aromatic rings. The molecule has 112 valence electrons. The van der Waals surface area contributed by atoms with Crippen LogP contribution in [0, 0.1) is 25.7 Å². The summed E-state index contributed by atoms with van der Waals surface area (Å²) in [6, 6.07) is 0. The SMILES string of the molecule is Cc1cn2c(C)c(F)nc(C(=O)NC(C)(C)C3CC3)c2n1. The van der Waals surface area contributed by atoms with Crippen LogP contribution in [-0.4, -0.2) is 25.8 Å². The molecule has 21 heavy (non-hydrogen) atoms. The van der Waals surface area contributed by atoms with Gasteiger partial charge in [0.1, 0.15) is 0 Å². The third-order valence-corrected chi connectivity index (χ3v) is 4.16. The minimum atomic E-state index is -0.644. The first-order valence-corrected chi connectivity index (χ1v) is 7.14. The van der Waals surface area contributed by atoms with Gasteiger partial charge in [0.2, 0.25) is 5.95 Å². The lowest BCUT2D eigenvalue weighted by molar-refractivity contribution is 0.0898. The molecule has 0 aliphatic heterocycles. The standard InChI is InChI=1S/C15H19FN4O/c1-8-7-20-9(2)12(16)18-11(13(20)17-8)14(21)19-15(3,4)10-5-6-10/h7,10H,5-6H2,1-4H3,(H,19,21). The third-order valence-electron chi connectivity index (χ3n) is 4.16. The normalized spacial score (nSPS) is 15.5. The number of aromatic nitrogens is 3. The summed E-state index contributed by atoms with van der Waals surface area (Å²) < 4.78 is 15.5. The number of amides is 1. The largest absolute Gasteiger partial charge is 0.345 e.